The molecule has 1 unspecified atom stereocenters. The van der Waals surface area contributed by atoms with E-state index in [-0.39, 0.29) is 0 Å². The van der Waals surface area contributed by atoms with Crippen molar-refractivity contribution < 1.29 is 0 Å². The summed E-state index contributed by atoms with van der Waals surface area (Å²) in [6.45, 7) is 17.3. The van der Waals surface area contributed by atoms with Crippen molar-refractivity contribution in [2.24, 2.45) is 17.1 Å². The van der Waals surface area contributed by atoms with Gasteiger partial charge in [0.25, 0.3) is 0 Å². The first-order chi connectivity index (χ1) is 13.3. The van der Waals surface area contributed by atoms with E-state index in [1.807, 2.05) is 13.8 Å². The topological polar surface area (TPSA) is 54.7 Å². The zero-order valence-corrected chi connectivity index (χ0v) is 19.0. The summed E-state index contributed by atoms with van der Waals surface area (Å²) in [7, 11) is 0. The Hall–Kier alpha value is -1.77. The average molecular weight is 384 g/mol. The van der Waals surface area contributed by atoms with Crippen molar-refractivity contribution in [3.05, 3.63) is 35.2 Å². The highest BCUT2D eigenvalue weighted by atomic mass is 14.8. The Kier molecular flexibility index (Phi) is 7.74. The summed E-state index contributed by atoms with van der Waals surface area (Å²) < 4.78 is 0. The lowest BCUT2D eigenvalue weighted by atomic mass is 9.71. The number of aryl methyl sites for hydroxylation is 2. The Bertz CT molecular complexity index is 792. The van der Waals surface area contributed by atoms with Crippen LogP contribution >= 0.6 is 0 Å². The highest BCUT2D eigenvalue weighted by Gasteiger charge is 2.30. The molecule has 156 valence electrons. The molecule has 2 aromatic heterocycles. The van der Waals surface area contributed by atoms with Gasteiger partial charge in [0.05, 0.1) is 16.7 Å². The van der Waals surface area contributed by atoms with E-state index < -0.39 is 0 Å². The van der Waals surface area contributed by atoms with Crippen LogP contribution < -0.4 is 5.73 Å². The Balaban J connectivity index is 0.00000136. The lowest BCUT2D eigenvalue weighted by Gasteiger charge is -2.34. The molecule has 0 saturated heterocycles. The average Bonchev–Trinajstić information content (AvgIpc) is 3.01. The van der Waals surface area contributed by atoms with Gasteiger partial charge in [-0.2, -0.15) is 0 Å². The zero-order chi connectivity index (χ0) is 20.9. The van der Waals surface area contributed by atoms with Crippen molar-refractivity contribution >= 4 is 16.7 Å². The monoisotopic (exact) mass is 383 g/mol. The number of fused-ring (bicyclic) bond motifs is 2. The number of nitrogens with zero attached hydrogens (tertiary/aromatic N) is 1. The van der Waals surface area contributed by atoms with Crippen molar-refractivity contribution in [1.29, 1.82) is 0 Å². The lowest BCUT2D eigenvalue weighted by Crippen LogP contribution is -2.27. The van der Waals surface area contributed by atoms with Gasteiger partial charge in [0.1, 0.15) is 0 Å². The third-order valence-corrected chi connectivity index (χ3v) is 6.06. The van der Waals surface area contributed by atoms with Gasteiger partial charge in [-0.3, -0.25) is 4.98 Å². The summed E-state index contributed by atoms with van der Waals surface area (Å²) in [4.78, 5) is 8.63. The number of hydrogen-bond acceptors (Lipinski definition) is 2. The molecule has 0 bridgehead atoms. The van der Waals surface area contributed by atoms with Gasteiger partial charge in [0, 0.05) is 17.0 Å². The number of nitrogens with one attached hydrogen (secondary N) is 1. The largest absolute Gasteiger partial charge is 0.398 e. The molecule has 1 aliphatic rings. The van der Waals surface area contributed by atoms with E-state index in [0.29, 0.717) is 11.1 Å². The summed E-state index contributed by atoms with van der Waals surface area (Å²) in [5.74, 6) is 0.724. The maximum Gasteiger partial charge on any atom is 0.0921 e. The first-order valence-electron chi connectivity index (χ1n) is 11.3. The second-order valence-electron chi connectivity index (χ2n) is 9.11. The number of unbranched alkanes of at least 4 members (excludes halogenated alkanes) is 3. The fraction of sp³-hybridized carbons (Fsp3) is 0.640. The number of pyridine rings is 1. The fourth-order valence-electron chi connectivity index (χ4n) is 4.30. The van der Waals surface area contributed by atoms with Crippen LogP contribution in [-0.4, -0.2) is 9.97 Å². The quantitative estimate of drug-likeness (QED) is 0.539. The van der Waals surface area contributed by atoms with E-state index in [4.69, 9.17) is 10.7 Å². The van der Waals surface area contributed by atoms with Crippen molar-refractivity contribution in [3.63, 3.8) is 0 Å². The van der Waals surface area contributed by atoms with Crippen molar-refractivity contribution in [1.82, 2.24) is 9.97 Å². The summed E-state index contributed by atoms with van der Waals surface area (Å²) in [6.07, 6.45) is 9.48. The molecule has 2 heterocycles. The minimum absolute atomic E-state index is 0.351. The van der Waals surface area contributed by atoms with E-state index in [1.165, 1.54) is 48.9 Å². The molecule has 3 heteroatoms. The minimum atomic E-state index is 0.351. The molecule has 3 nitrogen and oxygen atoms in total. The van der Waals surface area contributed by atoms with E-state index >= 15 is 0 Å². The van der Waals surface area contributed by atoms with Crippen LogP contribution in [0, 0.1) is 11.3 Å². The van der Waals surface area contributed by atoms with Gasteiger partial charge in [-0.15, -0.1) is 0 Å². The first-order valence-corrected chi connectivity index (χ1v) is 11.3. The van der Waals surface area contributed by atoms with E-state index in [2.05, 4.69) is 45.3 Å². The van der Waals surface area contributed by atoms with E-state index in [1.54, 1.807) is 0 Å². The van der Waals surface area contributed by atoms with Crippen LogP contribution in [0.15, 0.2) is 12.6 Å². The Morgan fingerprint density at radius 1 is 1.25 bits per heavy atom. The summed E-state index contributed by atoms with van der Waals surface area (Å²) in [5, 5.41) is 0. The second kappa shape index (κ2) is 9.62. The maximum absolute atomic E-state index is 6.09. The highest BCUT2D eigenvalue weighted by molar-refractivity contribution is 5.86. The normalized spacial score (nSPS) is 16.4. The molecule has 0 fully saturated rings. The second-order valence-corrected chi connectivity index (χ2v) is 9.11. The SMILES string of the molecule is C=C(N)c1[nH]c2cc3c(nc2c1CCCCCC)CCC(C(C)(C)C)C3.CC. The zero-order valence-electron chi connectivity index (χ0n) is 19.0. The van der Waals surface area contributed by atoms with Crippen LogP contribution in [0.4, 0.5) is 0 Å². The molecule has 0 radical (unpaired) electrons. The molecule has 1 atom stereocenters. The molecule has 2 aromatic rings. The smallest absolute Gasteiger partial charge is 0.0921 e. The molecule has 0 aromatic carbocycles. The first kappa shape index (κ1) is 22.5. The van der Waals surface area contributed by atoms with Crippen LogP contribution in [0.3, 0.4) is 0 Å². The molecular weight excluding hydrogens is 342 g/mol. The standard InChI is InChI=1S/C23H35N3.C2H6/c1-6-7-8-9-10-18-21(15(2)24)26-20-14-16-13-17(23(3,4)5)11-12-19(16)25-22(18)20;1-2/h14,17,26H,2,6-13,24H2,1,3-5H3;1-2H3. The molecule has 3 N–H and O–H groups in total. The van der Waals surface area contributed by atoms with Crippen LogP contribution in [0.5, 0.6) is 0 Å². The summed E-state index contributed by atoms with van der Waals surface area (Å²) in [6, 6.07) is 2.33. The van der Waals surface area contributed by atoms with Gasteiger partial charge in [-0.25, -0.2) is 0 Å². The summed E-state index contributed by atoms with van der Waals surface area (Å²) in [5.41, 5.74) is 14.3. The molecule has 0 aliphatic heterocycles. The number of rotatable bonds is 6. The highest BCUT2D eigenvalue weighted by Crippen LogP contribution is 2.38. The molecule has 1 aliphatic carbocycles. The van der Waals surface area contributed by atoms with Gasteiger partial charge >= 0.3 is 0 Å². The van der Waals surface area contributed by atoms with Crippen molar-refractivity contribution in [2.75, 3.05) is 0 Å². The molecule has 3 rings (SSSR count). The lowest BCUT2D eigenvalue weighted by molar-refractivity contribution is 0.215. The van der Waals surface area contributed by atoms with Gasteiger partial charge < -0.3 is 10.7 Å². The molecule has 0 saturated carbocycles. The van der Waals surface area contributed by atoms with E-state index in [9.17, 15) is 0 Å². The third-order valence-electron chi connectivity index (χ3n) is 6.06. The predicted molar refractivity (Wildman–Crippen MR) is 123 cm³/mol. The number of aromatic amines is 1. The number of aromatic nitrogens is 2. The molecule has 28 heavy (non-hydrogen) atoms. The van der Waals surface area contributed by atoms with Crippen LogP contribution in [0.25, 0.3) is 16.7 Å². The van der Waals surface area contributed by atoms with E-state index in [0.717, 1.165) is 41.9 Å². The van der Waals surface area contributed by atoms with Crippen LogP contribution in [0.2, 0.25) is 0 Å². The van der Waals surface area contributed by atoms with Crippen molar-refractivity contribution in [2.45, 2.75) is 92.9 Å². The van der Waals surface area contributed by atoms with Crippen molar-refractivity contribution in [3.8, 4) is 0 Å². The fourth-order valence-corrected chi connectivity index (χ4v) is 4.30. The summed E-state index contributed by atoms with van der Waals surface area (Å²) >= 11 is 0. The van der Waals surface area contributed by atoms with Gasteiger partial charge in [0.15, 0.2) is 0 Å². The minimum Gasteiger partial charge on any atom is -0.398 e. The molecule has 0 spiro atoms. The number of H-pyrrole nitrogens is 1. The maximum atomic E-state index is 6.09. The van der Waals surface area contributed by atoms with Crippen LogP contribution in [-0.2, 0) is 19.3 Å². The van der Waals surface area contributed by atoms with Crippen LogP contribution in [0.1, 0.15) is 96.2 Å². The molecule has 0 amide bonds. The van der Waals surface area contributed by atoms with Gasteiger partial charge in [-0.05, 0) is 55.1 Å². The predicted octanol–water partition coefficient (Wildman–Crippen LogP) is 6.79. The Labute approximate surface area is 172 Å². The number of nitrogens with two attached hydrogens (primary N) is 1. The Morgan fingerprint density at radius 2 is 1.96 bits per heavy atom. The van der Waals surface area contributed by atoms with Gasteiger partial charge in [0.2, 0.25) is 0 Å². The molecular formula is C25H41N3. The van der Waals surface area contributed by atoms with Gasteiger partial charge in [-0.1, -0.05) is 67.4 Å². The Morgan fingerprint density at radius 3 is 2.57 bits per heavy atom. The number of hydrogen-bond donors (Lipinski definition) is 2. The third kappa shape index (κ3) is 4.98.